The van der Waals surface area contributed by atoms with Crippen molar-refractivity contribution in [2.75, 3.05) is 5.32 Å². The van der Waals surface area contributed by atoms with Crippen molar-refractivity contribution in [3.8, 4) is 5.82 Å². The highest BCUT2D eigenvalue weighted by molar-refractivity contribution is 5.84. The number of H-pyrrole nitrogens is 1. The van der Waals surface area contributed by atoms with Crippen molar-refractivity contribution in [1.82, 2.24) is 34.5 Å². The van der Waals surface area contributed by atoms with E-state index in [1.54, 1.807) is 18.6 Å². The maximum atomic E-state index is 14.9. The van der Waals surface area contributed by atoms with Crippen LogP contribution in [0.4, 0.5) is 10.2 Å². The average Bonchev–Trinajstić information content (AvgIpc) is 3.36. The van der Waals surface area contributed by atoms with Crippen LogP contribution in [-0.4, -0.2) is 34.5 Å². The monoisotopic (exact) mass is 414 g/mol. The van der Waals surface area contributed by atoms with Crippen LogP contribution < -0.4 is 5.32 Å². The van der Waals surface area contributed by atoms with Gasteiger partial charge in [-0.3, -0.25) is 4.57 Å². The first-order valence-corrected chi connectivity index (χ1v) is 10.2. The minimum absolute atomic E-state index is 0.186. The van der Waals surface area contributed by atoms with E-state index in [0.29, 0.717) is 17.3 Å². The number of nitrogens with one attached hydrogen (secondary N) is 2. The number of aromatic amines is 1. The number of imidazole rings is 2. The number of halogens is 1. The van der Waals surface area contributed by atoms with Crippen LogP contribution in [0.5, 0.6) is 0 Å². The van der Waals surface area contributed by atoms with Crippen molar-refractivity contribution in [2.24, 2.45) is 0 Å². The van der Waals surface area contributed by atoms with Gasteiger partial charge in [-0.05, 0) is 49.9 Å². The summed E-state index contributed by atoms with van der Waals surface area (Å²) in [7, 11) is 0. The van der Waals surface area contributed by atoms with Crippen LogP contribution in [0.2, 0.25) is 0 Å². The number of benzene rings is 1. The molecule has 1 atom stereocenters. The van der Waals surface area contributed by atoms with Gasteiger partial charge in [0, 0.05) is 11.8 Å². The van der Waals surface area contributed by atoms with E-state index in [2.05, 4.69) is 30.2 Å². The van der Waals surface area contributed by atoms with Gasteiger partial charge in [0.25, 0.3) is 0 Å². The van der Waals surface area contributed by atoms with Crippen LogP contribution in [-0.2, 0) is 0 Å². The average molecular weight is 414 g/mol. The van der Waals surface area contributed by atoms with E-state index in [-0.39, 0.29) is 17.8 Å². The SMILES string of the molecule is CC(Nc1ncnc2nc[nH]c12)c1nc2ccc(F)c(C3CC3)c2n1-c1ccccn1. The van der Waals surface area contributed by atoms with Crippen molar-refractivity contribution >= 4 is 28.0 Å². The van der Waals surface area contributed by atoms with E-state index in [0.717, 1.165) is 40.8 Å². The molecule has 8 nitrogen and oxygen atoms in total. The molecule has 31 heavy (non-hydrogen) atoms. The number of pyridine rings is 1. The first-order chi connectivity index (χ1) is 15.2. The number of rotatable bonds is 5. The largest absolute Gasteiger partial charge is 0.358 e. The molecule has 154 valence electrons. The van der Waals surface area contributed by atoms with Crippen molar-refractivity contribution in [1.29, 1.82) is 0 Å². The minimum atomic E-state index is -0.245. The topological polar surface area (TPSA) is 97.2 Å². The summed E-state index contributed by atoms with van der Waals surface area (Å²) in [4.78, 5) is 25.2. The Morgan fingerprint density at radius 3 is 2.84 bits per heavy atom. The molecule has 6 rings (SSSR count). The van der Waals surface area contributed by atoms with Crippen LogP contribution in [0.25, 0.3) is 28.0 Å². The van der Waals surface area contributed by atoms with Gasteiger partial charge < -0.3 is 10.3 Å². The lowest BCUT2D eigenvalue weighted by Gasteiger charge is -2.17. The zero-order valence-electron chi connectivity index (χ0n) is 16.7. The first-order valence-electron chi connectivity index (χ1n) is 10.2. The number of hydrogen-bond acceptors (Lipinski definition) is 6. The smallest absolute Gasteiger partial charge is 0.182 e. The Labute approximate surface area is 176 Å². The van der Waals surface area contributed by atoms with E-state index < -0.39 is 0 Å². The lowest BCUT2D eigenvalue weighted by atomic mass is 10.1. The van der Waals surface area contributed by atoms with Gasteiger partial charge in [-0.15, -0.1) is 0 Å². The van der Waals surface area contributed by atoms with E-state index >= 15 is 0 Å². The van der Waals surface area contributed by atoms with Crippen LogP contribution >= 0.6 is 0 Å². The molecule has 0 amide bonds. The van der Waals surface area contributed by atoms with Crippen molar-refractivity contribution in [3.05, 3.63) is 66.4 Å². The molecule has 1 aromatic carbocycles. The molecule has 1 fully saturated rings. The van der Waals surface area contributed by atoms with Crippen molar-refractivity contribution in [2.45, 2.75) is 31.7 Å². The normalized spacial score (nSPS) is 14.9. The molecule has 0 spiro atoms. The molecule has 4 heterocycles. The van der Waals surface area contributed by atoms with Gasteiger partial charge in [0.15, 0.2) is 11.5 Å². The highest BCUT2D eigenvalue weighted by Crippen LogP contribution is 2.45. The third-order valence-electron chi connectivity index (χ3n) is 5.66. The van der Waals surface area contributed by atoms with Gasteiger partial charge in [0.1, 0.15) is 29.3 Å². The molecule has 1 aliphatic rings. The molecular weight excluding hydrogens is 395 g/mol. The Hall–Kier alpha value is -3.88. The van der Waals surface area contributed by atoms with Crippen molar-refractivity contribution in [3.63, 3.8) is 0 Å². The summed E-state index contributed by atoms with van der Waals surface area (Å²) in [6.07, 6.45) is 6.78. The summed E-state index contributed by atoms with van der Waals surface area (Å²) < 4.78 is 16.9. The molecule has 0 radical (unpaired) electrons. The second kappa shape index (κ2) is 6.83. The van der Waals surface area contributed by atoms with Crippen LogP contribution in [0.1, 0.15) is 43.1 Å². The van der Waals surface area contributed by atoms with Gasteiger partial charge in [-0.2, -0.15) is 0 Å². The minimum Gasteiger partial charge on any atom is -0.358 e. The van der Waals surface area contributed by atoms with Gasteiger partial charge in [0.05, 0.1) is 23.4 Å². The molecule has 0 aliphatic heterocycles. The third-order valence-corrected chi connectivity index (χ3v) is 5.66. The van der Waals surface area contributed by atoms with E-state index in [4.69, 9.17) is 4.98 Å². The molecule has 0 saturated heterocycles. The number of hydrogen-bond donors (Lipinski definition) is 2. The Bertz CT molecular complexity index is 1400. The van der Waals surface area contributed by atoms with Gasteiger partial charge in [0.2, 0.25) is 0 Å². The van der Waals surface area contributed by atoms with Crippen LogP contribution in [0.3, 0.4) is 0 Å². The Morgan fingerprint density at radius 1 is 1.13 bits per heavy atom. The molecule has 9 heteroatoms. The Morgan fingerprint density at radius 2 is 2.03 bits per heavy atom. The lowest BCUT2D eigenvalue weighted by molar-refractivity contribution is 0.612. The van der Waals surface area contributed by atoms with E-state index in [9.17, 15) is 4.39 Å². The maximum absolute atomic E-state index is 14.9. The molecular formula is C22H19FN8. The van der Waals surface area contributed by atoms with Crippen LogP contribution in [0.15, 0.2) is 49.2 Å². The second-order valence-electron chi connectivity index (χ2n) is 7.79. The summed E-state index contributed by atoms with van der Waals surface area (Å²) in [5, 5.41) is 3.41. The number of anilines is 1. The van der Waals surface area contributed by atoms with Crippen LogP contribution in [0, 0.1) is 5.82 Å². The fourth-order valence-corrected chi connectivity index (χ4v) is 4.10. The predicted molar refractivity (Wildman–Crippen MR) is 115 cm³/mol. The number of aromatic nitrogens is 7. The molecule has 5 aromatic rings. The second-order valence-corrected chi connectivity index (χ2v) is 7.79. The fourth-order valence-electron chi connectivity index (χ4n) is 4.10. The highest BCUT2D eigenvalue weighted by atomic mass is 19.1. The van der Waals surface area contributed by atoms with Gasteiger partial charge in [-0.1, -0.05) is 6.07 Å². The molecule has 2 N–H and O–H groups in total. The first kappa shape index (κ1) is 17.9. The third kappa shape index (κ3) is 2.92. The summed E-state index contributed by atoms with van der Waals surface area (Å²) >= 11 is 0. The van der Waals surface area contributed by atoms with Crippen molar-refractivity contribution < 1.29 is 4.39 Å². The Balaban J connectivity index is 1.54. The zero-order chi connectivity index (χ0) is 20.9. The van der Waals surface area contributed by atoms with E-state index in [1.807, 2.05) is 29.7 Å². The quantitative estimate of drug-likeness (QED) is 0.446. The Kier molecular flexibility index (Phi) is 3.95. The molecule has 0 bridgehead atoms. The highest BCUT2D eigenvalue weighted by Gasteiger charge is 2.32. The molecule has 1 unspecified atom stereocenters. The summed E-state index contributed by atoms with van der Waals surface area (Å²) in [6.45, 7) is 2.00. The summed E-state index contributed by atoms with van der Waals surface area (Å²) in [6, 6.07) is 8.71. The van der Waals surface area contributed by atoms with E-state index in [1.165, 1.54) is 12.4 Å². The fraction of sp³-hybridized carbons (Fsp3) is 0.227. The molecule has 1 saturated carbocycles. The number of nitrogens with zero attached hydrogens (tertiary/aromatic N) is 6. The summed E-state index contributed by atoms with van der Waals surface area (Å²) in [5.74, 6) is 2.10. The number of fused-ring (bicyclic) bond motifs is 2. The van der Waals surface area contributed by atoms with Gasteiger partial charge >= 0.3 is 0 Å². The molecule has 4 aromatic heterocycles. The zero-order valence-corrected chi connectivity index (χ0v) is 16.7. The standard InChI is InChI=1S/C22H19FN8/c1-12(29-21-18-20(26-10-25-18)27-11-28-21)22-30-15-8-7-14(23)17(13-5-6-13)19(15)31(22)16-4-2-3-9-24-16/h2-4,7-13H,5-6H2,1H3,(H2,25,26,27,28,29). The predicted octanol–water partition coefficient (Wildman–Crippen LogP) is 4.28. The maximum Gasteiger partial charge on any atom is 0.182 e. The summed E-state index contributed by atoms with van der Waals surface area (Å²) in [5.41, 5.74) is 3.58. The van der Waals surface area contributed by atoms with Gasteiger partial charge in [-0.25, -0.2) is 29.3 Å². The molecule has 1 aliphatic carbocycles. The lowest BCUT2D eigenvalue weighted by Crippen LogP contribution is -2.15.